The van der Waals surface area contributed by atoms with Crippen molar-refractivity contribution >= 4 is 0 Å². The third kappa shape index (κ3) is 4.32. The molecule has 0 aliphatic heterocycles. The van der Waals surface area contributed by atoms with Gasteiger partial charge in [-0.15, -0.1) is 0 Å². The normalized spacial score (nSPS) is 10.7. The summed E-state index contributed by atoms with van der Waals surface area (Å²) in [5.74, 6) is 2.02. The second-order valence-corrected chi connectivity index (χ2v) is 6.22. The van der Waals surface area contributed by atoms with Gasteiger partial charge in [0.15, 0.2) is 0 Å². The molecule has 0 N–H and O–H groups in total. The van der Waals surface area contributed by atoms with Crippen molar-refractivity contribution in [1.82, 2.24) is 0 Å². The van der Waals surface area contributed by atoms with Crippen LogP contribution in [0.25, 0.3) is 22.5 Å². The van der Waals surface area contributed by atoms with Crippen molar-refractivity contribution in [3.8, 4) is 22.5 Å². The number of aryl methyl sites for hydroxylation is 1. The highest BCUT2D eigenvalue weighted by atomic mass is 16.3. The van der Waals surface area contributed by atoms with Gasteiger partial charge < -0.3 is 0 Å². The molecule has 1 nitrogen and oxygen atoms in total. The molecule has 0 fully saturated rings. The third-order valence-corrected chi connectivity index (χ3v) is 4.29. The molecular weight excluding hydrogens is 292 g/mol. The minimum Gasteiger partial charge on any atom is -0.212 e. The topological polar surface area (TPSA) is 11.3 Å². The van der Waals surface area contributed by atoms with Crippen LogP contribution < -0.4 is 0 Å². The van der Waals surface area contributed by atoms with E-state index in [9.17, 15) is 0 Å². The molecule has 0 unspecified atom stereocenters. The van der Waals surface area contributed by atoms with E-state index in [1.165, 1.54) is 36.8 Å². The quantitative estimate of drug-likeness (QED) is 0.337. The first-order chi connectivity index (χ1) is 11.9. The standard InChI is InChI=1S/C23H25O/c1-2-3-4-11-16-22-17-21(19-12-7-5-8-13-19)18-23(24-22)20-14-9-6-10-15-20/h5-10,12-15,17-18H,2-4,11,16H2,1H3/q+1. The van der Waals surface area contributed by atoms with Gasteiger partial charge in [0.25, 0.3) is 0 Å². The Balaban J connectivity index is 1.93. The van der Waals surface area contributed by atoms with E-state index in [1.54, 1.807) is 0 Å². The highest BCUT2D eigenvalue weighted by Gasteiger charge is 2.18. The number of hydrogen-bond donors (Lipinski definition) is 0. The van der Waals surface area contributed by atoms with E-state index in [1.807, 2.05) is 6.07 Å². The zero-order valence-electron chi connectivity index (χ0n) is 14.4. The van der Waals surface area contributed by atoms with Gasteiger partial charge in [-0.05, 0) is 24.1 Å². The number of hydrogen-bond acceptors (Lipinski definition) is 0. The summed E-state index contributed by atoms with van der Waals surface area (Å²) in [6, 6.07) is 25.3. The molecule has 0 amide bonds. The predicted octanol–water partition coefficient (Wildman–Crippen LogP) is 7.02. The molecule has 0 aliphatic carbocycles. The van der Waals surface area contributed by atoms with Gasteiger partial charge in [-0.2, -0.15) is 0 Å². The first-order valence-electron chi connectivity index (χ1n) is 8.94. The molecule has 0 saturated carbocycles. The lowest BCUT2D eigenvalue weighted by Gasteiger charge is -2.02. The Labute approximate surface area is 145 Å². The van der Waals surface area contributed by atoms with Crippen LogP contribution in [0.15, 0.2) is 77.2 Å². The van der Waals surface area contributed by atoms with Crippen LogP contribution in [0.5, 0.6) is 0 Å². The highest BCUT2D eigenvalue weighted by Crippen LogP contribution is 2.29. The lowest BCUT2D eigenvalue weighted by molar-refractivity contribution is 0.491. The zero-order valence-corrected chi connectivity index (χ0v) is 14.4. The van der Waals surface area contributed by atoms with E-state index >= 15 is 0 Å². The van der Waals surface area contributed by atoms with Gasteiger partial charge in [-0.1, -0.05) is 74.7 Å². The van der Waals surface area contributed by atoms with Crippen LogP contribution in [-0.2, 0) is 6.42 Å². The number of unbranched alkanes of at least 4 members (excludes halogenated alkanes) is 3. The van der Waals surface area contributed by atoms with Crippen LogP contribution in [0, 0.1) is 0 Å². The van der Waals surface area contributed by atoms with E-state index < -0.39 is 0 Å². The second-order valence-electron chi connectivity index (χ2n) is 6.22. The summed E-state index contributed by atoms with van der Waals surface area (Å²) in [4.78, 5) is 0. The summed E-state index contributed by atoms with van der Waals surface area (Å²) in [6.45, 7) is 2.24. The van der Waals surface area contributed by atoms with Crippen molar-refractivity contribution in [3.63, 3.8) is 0 Å². The average molecular weight is 317 g/mol. The molecule has 1 aromatic heterocycles. The molecule has 0 saturated heterocycles. The Morgan fingerprint density at radius 2 is 1.33 bits per heavy atom. The third-order valence-electron chi connectivity index (χ3n) is 4.29. The smallest absolute Gasteiger partial charge is 0.212 e. The molecule has 0 atom stereocenters. The van der Waals surface area contributed by atoms with Gasteiger partial charge in [0.2, 0.25) is 0 Å². The summed E-state index contributed by atoms with van der Waals surface area (Å²) in [5.41, 5.74) is 3.59. The minimum absolute atomic E-state index is 0.947. The maximum atomic E-state index is 6.21. The largest absolute Gasteiger partial charge is 0.360 e. The molecule has 2 aromatic carbocycles. The van der Waals surface area contributed by atoms with E-state index in [-0.39, 0.29) is 0 Å². The first-order valence-corrected chi connectivity index (χ1v) is 8.94. The Morgan fingerprint density at radius 3 is 2.00 bits per heavy atom. The average Bonchev–Trinajstić information content (AvgIpc) is 2.66. The molecule has 1 heterocycles. The Hall–Kier alpha value is -2.41. The lowest BCUT2D eigenvalue weighted by Crippen LogP contribution is -1.90. The summed E-state index contributed by atoms with van der Waals surface area (Å²) in [5, 5.41) is 0. The van der Waals surface area contributed by atoms with Gasteiger partial charge in [-0.3, -0.25) is 0 Å². The maximum absolute atomic E-state index is 6.21. The highest BCUT2D eigenvalue weighted by molar-refractivity contribution is 5.69. The van der Waals surface area contributed by atoms with Crippen LogP contribution in [0.4, 0.5) is 0 Å². The fourth-order valence-electron chi connectivity index (χ4n) is 2.95. The molecular formula is C23H25O+. The molecule has 0 radical (unpaired) electrons. The predicted molar refractivity (Wildman–Crippen MR) is 102 cm³/mol. The van der Waals surface area contributed by atoms with Gasteiger partial charge in [0.05, 0.1) is 18.1 Å². The van der Waals surface area contributed by atoms with E-state index in [4.69, 9.17) is 4.42 Å². The molecule has 24 heavy (non-hydrogen) atoms. The first kappa shape index (κ1) is 16.4. The molecule has 3 aromatic rings. The lowest BCUT2D eigenvalue weighted by atomic mass is 10.0. The van der Waals surface area contributed by atoms with Crippen molar-refractivity contribution in [2.75, 3.05) is 0 Å². The summed E-state index contributed by atoms with van der Waals surface area (Å²) >= 11 is 0. The SMILES string of the molecule is CCCCCCc1cc(-c2ccccc2)cc(-c2ccccc2)[o+]1. The van der Waals surface area contributed by atoms with Gasteiger partial charge in [0, 0.05) is 11.6 Å². The zero-order chi connectivity index (χ0) is 16.6. The number of rotatable bonds is 7. The summed E-state index contributed by atoms with van der Waals surface area (Å²) in [7, 11) is 0. The second kappa shape index (κ2) is 8.44. The van der Waals surface area contributed by atoms with Crippen LogP contribution in [0.3, 0.4) is 0 Å². The fraction of sp³-hybridized carbons (Fsp3) is 0.261. The molecule has 0 aliphatic rings. The van der Waals surface area contributed by atoms with Crippen LogP contribution in [-0.4, -0.2) is 0 Å². The van der Waals surface area contributed by atoms with E-state index in [0.717, 1.165) is 23.5 Å². The Morgan fingerprint density at radius 1 is 0.667 bits per heavy atom. The van der Waals surface area contributed by atoms with E-state index in [2.05, 4.69) is 73.7 Å². The molecule has 0 bridgehead atoms. The van der Waals surface area contributed by atoms with Crippen LogP contribution in [0.1, 0.15) is 38.4 Å². The molecule has 0 spiro atoms. The van der Waals surface area contributed by atoms with Crippen molar-refractivity contribution in [1.29, 1.82) is 0 Å². The van der Waals surface area contributed by atoms with Gasteiger partial charge in [-0.25, -0.2) is 4.42 Å². The van der Waals surface area contributed by atoms with Crippen molar-refractivity contribution in [2.24, 2.45) is 0 Å². The van der Waals surface area contributed by atoms with Crippen molar-refractivity contribution < 1.29 is 4.42 Å². The van der Waals surface area contributed by atoms with Crippen LogP contribution in [0.2, 0.25) is 0 Å². The Bertz CT molecular complexity index is 690. The molecule has 1 heteroatoms. The van der Waals surface area contributed by atoms with E-state index in [0.29, 0.717) is 0 Å². The monoisotopic (exact) mass is 317 g/mol. The van der Waals surface area contributed by atoms with Crippen molar-refractivity contribution in [2.45, 2.75) is 39.0 Å². The maximum Gasteiger partial charge on any atom is 0.360 e. The van der Waals surface area contributed by atoms with Gasteiger partial charge >= 0.3 is 11.5 Å². The van der Waals surface area contributed by atoms with Crippen molar-refractivity contribution in [3.05, 3.63) is 78.6 Å². The van der Waals surface area contributed by atoms with Crippen LogP contribution >= 0.6 is 0 Å². The summed E-state index contributed by atoms with van der Waals surface area (Å²) < 4.78 is 6.21. The fourth-order valence-corrected chi connectivity index (χ4v) is 2.95. The number of benzene rings is 2. The molecule has 3 rings (SSSR count). The Kier molecular flexibility index (Phi) is 5.79. The molecule has 122 valence electrons. The summed E-state index contributed by atoms with van der Waals surface area (Å²) in [6.07, 6.45) is 6.01. The van der Waals surface area contributed by atoms with Gasteiger partial charge in [0.1, 0.15) is 0 Å². The minimum atomic E-state index is 0.947.